The molecule has 3 aromatic rings. The lowest BCUT2D eigenvalue weighted by atomic mass is 10.1. The summed E-state index contributed by atoms with van der Waals surface area (Å²) in [5, 5.41) is 3.90. The van der Waals surface area contributed by atoms with Crippen molar-refractivity contribution in [2.24, 2.45) is 5.10 Å². The van der Waals surface area contributed by atoms with Crippen LogP contribution in [0.15, 0.2) is 62.9 Å². The van der Waals surface area contributed by atoms with Crippen molar-refractivity contribution in [2.75, 3.05) is 6.61 Å². The lowest BCUT2D eigenvalue weighted by Crippen LogP contribution is -2.24. The minimum atomic E-state index is -0.698. The monoisotopic (exact) mass is 458 g/mol. The molecule has 7 nitrogen and oxygen atoms in total. The molecule has 0 radical (unpaired) electrons. The molecule has 0 bridgehead atoms. The number of aromatic nitrogens is 2. The number of hydrazone groups is 1. The van der Waals surface area contributed by atoms with Crippen molar-refractivity contribution in [2.45, 2.75) is 6.92 Å². The van der Waals surface area contributed by atoms with Gasteiger partial charge < -0.3 is 9.72 Å². The van der Waals surface area contributed by atoms with E-state index >= 15 is 0 Å². The van der Waals surface area contributed by atoms with E-state index in [1.54, 1.807) is 18.2 Å². The Hall–Kier alpha value is -3.33. The molecule has 0 aliphatic carbocycles. The van der Waals surface area contributed by atoms with Gasteiger partial charge in [0.05, 0.1) is 23.0 Å². The molecule has 0 unspecified atom stereocenters. The summed E-state index contributed by atoms with van der Waals surface area (Å²) in [5.41, 5.74) is 3.12. The quantitative estimate of drug-likeness (QED) is 0.436. The van der Waals surface area contributed by atoms with Gasteiger partial charge in [0, 0.05) is 5.56 Å². The van der Waals surface area contributed by atoms with Crippen LogP contribution in [-0.2, 0) is 0 Å². The maximum Gasteiger partial charge on any atom is 0.346 e. The topological polar surface area (TPSA) is 96.4 Å². The standard InChI is InChI=1S/C20H16BrFN4O3/c1-2-29-18-8-3-12(9-15(18)21)11-23-26-19(27)17-10-16(24-20(28)25-17)13-4-6-14(22)7-5-13/h3-11H,2H2,1H3,(H,26,27)(H,24,25,28)/b23-11+. The highest BCUT2D eigenvalue weighted by molar-refractivity contribution is 9.10. The second kappa shape index (κ2) is 9.24. The fourth-order valence-corrected chi connectivity index (χ4v) is 2.96. The number of aromatic amines is 1. The SMILES string of the molecule is CCOc1ccc(/C=N/NC(=O)c2cc(-c3ccc(F)cc3)nc(=O)[nH]2)cc1Br. The largest absolute Gasteiger partial charge is 0.493 e. The number of nitrogens with zero attached hydrogens (tertiary/aromatic N) is 2. The minimum Gasteiger partial charge on any atom is -0.493 e. The normalized spacial score (nSPS) is 10.9. The van der Waals surface area contributed by atoms with Crippen LogP contribution in [-0.4, -0.2) is 28.7 Å². The Balaban J connectivity index is 1.74. The molecule has 0 spiro atoms. The smallest absolute Gasteiger partial charge is 0.346 e. The van der Waals surface area contributed by atoms with Gasteiger partial charge in [-0.1, -0.05) is 0 Å². The number of halogens is 2. The molecular weight excluding hydrogens is 443 g/mol. The van der Waals surface area contributed by atoms with Gasteiger partial charge in [0.15, 0.2) is 0 Å². The highest BCUT2D eigenvalue weighted by Crippen LogP contribution is 2.25. The molecule has 0 aliphatic rings. The number of amides is 1. The summed E-state index contributed by atoms with van der Waals surface area (Å²) < 4.78 is 19.3. The molecular formula is C20H16BrFN4O3. The molecule has 1 heterocycles. The summed E-state index contributed by atoms with van der Waals surface area (Å²) in [5.74, 6) is -0.322. The molecule has 3 rings (SSSR count). The zero-order valence-electron chi connectivity index (χ0n) is 15.3. The van der Waals surface area contributed by atoms with E-state index < -0.39 is 17.4 Å². The number of carbonyl (C=O) groups excluding carboxylic acids is 1. The Morgan fingerprint density at radius 1 is 1.28 bits per heavy atom. The third-order valence-corrected chi connectivity index (χ3v) is 4.38. The fourth-order valence-electron chi connectivity index (χ4n) is 2.44. The number of hydrogen-bond acceptors (Lipinski definition) is 5. The summed E-state index contributed by atoms with van der Waals surface area (Å²) in [6, 6.07) is 12.2. The number of hydrogen-bond donors (Lipinski definition) is 2. The number of ether oxygens (including phenoxy) is 1. The van der Waals surface area contributed by atoms with Gasteiger partial charge in [0.25, 0.3) is 5.91 Å². The average molecular weight is 459 g/mol. The van der Waals surface area contributed by atoms with Gasteiger partial charge in [-0.2, -0.15) is 10.1 Å². The van der Waals surface area contributed by atoms with Gasteiger partial charge in [-0.3, -0.25) is 4.79 Å². The number of benzene rings is 2. The van der Waals surface area contributed by atoms with Gasteiger partial charge in [0.2, 0.25) is 0 Å². The molecule has 9 heteroatoms. The second-order valence-electron chi connectivity index (χ2n) is 5.81. The third kappa shape index (κ3) is 5.35. The summed E-state index contributed by atoms with van der Waals surface area (Å²) in [6.07, 6.45) is 1.46. The van der Waals surface area contributed by atoms with Crippen LogP contribution in [0.1, 0.15) is 23.0 Å². The molecule has 0 aliphatic heterocycles. The fraction of sp³-hybridized carbons (Fsp3) is 0.100. The van der Waals surface area contributed by atoms with Crippen LogP contribution in [0.25, 0.3) is 11.3 Å². The van der Waals surface area contributed by atoms with Crippen molar-refractivity contribution >= 4 is 28.1 Å². The van der Waals surface area contributed by atoms with E-state index in [0.717, 1.165) is 10.0 Å². The highest BCUT2D eigenvalue weighted by atomic mass is 79.9. The first-order valence-corrected chi connectivity index (χ1v) is 9.38. The Labute approximate surface area is 173 Å². The van der Waals surface area contributed by atoms with Crippen molar-refractivity contribution in [3.05, 3.63) is 80.6 Å². The molecule has 0 atom stereocenters. The molecule has 1 amide bonds. The van der Waals surface area contributed by atoms with Crippen molar-refractivity contribution in [3.8, 4) is 17.0 Å². The van der Waals surface area contributed by atoms with Gasteiger partial charge in [-0.15, -0.1) is 0 Å². The number of H-pyrrole nitrogens is 1. The van der Waals surface area contributed by atoms with E-state index in [-0.39, 0.29) is 11.4 Å². The summed E-state index contributed by atoms with van der Waals surface area (Å²) in [4.78, 5) is 30.3. The zero-order valence-corrected chi connectivity index (χ0v) is 16.9. The maximum absolute atomic E-state index is 13.1. The average Bonchev–Trinajstić information content (AvgIpc) is 2.70. The molecule has 0 saturated carbocycles. The first-order chi connectivity index (χ1) is 14.0. The lowest BCUT2D eigenvalue weighted by Gasteiger charge is -2.06. The van der Waals surface area contributed by atoms with Crippen molar-refractivity contribution in [3.63, 3.8) is 0 Å². The summed E-state index contributed by atoms with van der Waals surface area (Å²) >= 11 is 3.40. The van der Waals surface area contributed by atoms with Gasteiger partial charge in [0.1, 0.15) is 17.3 Å². The van der Waals surface area contributed by atoms with Crippen LogP contribution >= 0.6 is 15.9 Å². The first kappa shape index (κ1) is 20.4. The molecule has 1 aromatic heterocycles. The number of nitrogens with one attached hydrogen (secondary N) is 2. The number of rotatable bonds is 6. The predicted molar refractivity (Wildman–Crippen MR) is 111 cm³/mol. The van der Waals surface area contributed by atoms with Gasteiger partial charge in [-0.25, -0.2) is 14.6 Å². The van der Waals surface area contributed by atoms with Crippen LogP contribution in [0.4, 0.5) is 4.39 Å². The Kier molecular flexibility index (Phi) is 6.50. The van der Waals surface area contributed by atoms with E-state index in [1.165, 1.54) is 36.5 Å². The van der Waals surface area contributed by atoms with Gasteiger partial charge >= 0.3 is 5.69 Å². The van der Waals surface area contributed by atoms with Crippen LogP contribution < -0.4 is 15.9 Å². The molecule has 0 fully saturated rings. The second-order valence-corrected chi connectivity index (χ2v) is 6.67. The van der Waals surface area contributed by atoms with E-state index in [1.807, 2.05) is 6.92 Å². The minimum absolute atomic E-state index is 0.0191. The van der Waals surface area contributed by atoms with E-state index in [0.29, 0.717) is 17.9 Å². The van der Waals surface area contributed by atoms with Gasteiger partial charge in [-0.05, 0) is 76.9 Å². The zero-order chi connectivity index (χ0) is 20.8. The first-order valence-electron chi connectivity index (χ1n) is 8.59. The van der Waals surface area contributed by atoms with E-state index in [9.17, 15) is 14.0 Å². The highest BCUT2D eigenvalue weighted by Gasteiger charge is 2.10. The van der Waals surface area contributed by atoms with Crippen LogP contribution in [0.3, 0.4) is 0 Å². The molecule has 0 saturated heterocycles. The van der Waals surface area contributed by atoms with Crippen molar-refractivity contribution in [1.82, 2.24) is 15.4 Å². The molecule has 2 N–H and O–H groups in total. The predicted octanol–water partition coefficient (Wildman–Crippen LogP) is 3.50. The Morgan fingerprint density at radius 3 is 2.72 bits per heavy atom. The summed E-state index contributed by atoms with van der Waals surface area (Å²) in [6.45, 7) is 2.44. The Bertz CT molecular complexity index is 1110. The molecule has 148 valence electrons. The van der Waals surface area contributed by atoms with Crippen LogP contribution in [0.2, 0.25) is 0 Å². The third-order valence-electron chi connectivity index (χ3n) is 3.76. The van der Waals surface area contributed by atoms with Crippen molar-refractivity contribution < 1.29 is 13.9 Å². The van der Waals surface area contributed by atoms with Crippen molar-refractivity contribution in [1.29, 1.82) is 0 Å². The summed E-state index contributed by atoms with van der Waals surface area (Å²) in [7, 11) is 0. The number of carbonyl (C=O) groups is 1. The van der Waals surface area contributed by atoms with Crippen LogP contribution in [0.5, 0.6) is 5.75 Å². The Morgan fingerprint density at radius 2 is 2.03 bits per heavy atom. The molecule has 29 heavy (non-hydrogen) atoms. The maximum atomic E-state index is 13.1. The van der Waals surface area contributed by atoms with E-state index in [4.69, 9.17) is 4.74 Å². The van der Waals surface area contributed by atoms with E-state index in [2.05, 4.69) is 36.4 Å². The van der Waals surface area contributed by atoms with Crippen LogP contribution in [0, 0.1) is 5.82 Å². The lowest BCUT2D eigenvalue weighted by molar-refractivity contribution is 0.0949. The molecule has 2 aromatic carbocycles.